The topological polar surface area (TPSA) is 60.7 Å². The molecular formula is C21H23NO4. The highest BCUT2D eigenvalue weighted by molar-refractivity contribution is 5.79. The Morgan fingerprint density at radius 3 is 2.42 bits per heavy atom. The van der Waals surface area contributed by atoms with E-state index >= 15 is 0 Å². The van der Waals surface area contributed by atoms with Crippen LogP contribution >= 0.6 is 0 Å². The fraction of sp³-hybridized carbons (Fsp3) is 0.286. The first-order valence-electron chi connectivity index (χ1n) is 8.70. The molecule has 136 valence electrons. The van der Waals surface area contributed by atoms with Gasteiger partial charge in [0.1, 0.15) is 29.4 Å². The molecule has 0 saturated carbocycles. The number of benzene rings is 2. The van der Waals surface area contributed by atoms with Gasteiger partial charge in [0.25, 0.3) is 0 Å². The first-order valence-corrected chi connectivity index (χ1v) is 8.70. The lowest BCUT2D eigenvalue weighted by molar-refractivity contribution is -0.119. The maximum Gasteiger partial charge on any atom is 0.217 e. The van der Waals surface area contributed by atoms with Crippen LogP contribution in [0.25, 0.3) is 11.0 Å². The summed E-state index contributed by atoms with van der Waals surface area (Å²) in [6, 6.07) is 15.3. The quantitative estimate of drug-likeness (QED) is 0.674. The molecule has 0 fully saturated rings. The molecule has 5 heteroatoms. The molecule has 1 aromatic heterocycles. The van der Waals surface area contributed by atoms with Crippen LogP contribution in [0.3, 0.4) is 0 Å². The summed E-state index contributed by atoms with van der Waals surface area (Å²) < 4.78 is 17.1. The van der Waals surface area contributed by atoms with E-state index in [0.29, 0.717) is 13.2 Å². The Morgan fingerprint density at radius 1 is 1.08 bits per heavy atom. The Kier molecular flexibility index (Phi) is 5.46. The Morgan fingerprint density at radius 2 is 1.77 bits per heavy atom. The molecule has 0 bridgehead atoms. The van der Waals surface area contributed by atoms with Crippen molar-refractivity contribution in [1.29, 1.82) is 0 Å². The average molecular weight is 353 g/mol. The van der Waals surface area contributed by atoms with E-state index in [-0.39, 0.29) is 11.9 Å². The van der Waals surface area contributed by atoms with Crippen molar-refractivity contribution in [2.75, 3.05) is 6.61 Å². The van der Waals surface area contributed by atoms with Crippen LogP contribution in [0.1, 0.15) is 38.1 Å². The van der Waals surface area contributed by atoms with Crippen molar-refractivity contribution in [2.45, 2.75) is 33.4 Å². The predicted octanol–water partition coefficient (Wildman–Crippen LogP) is 4.61. The van der Waals surface area contributed by atoms with E-state index in [2.05, 4.69) is 5.32 Å². The van der Waals surface area contributed by atoms with Gasteiger partial charge in [-0.1, -0.05) is 12.1 Å². The van der Waals surface area contributed by atoms with Gasteiger partial charge in [-0.15, -0.1) is 0 Å². The molecule has 0 aliphatic heterocycles. The summed E-state index contributed by atoms with van der Waals surface area (Å²) >= 11 is 0. The fourth-order valence-corrected chi connectivity index (χ4v) is 2.74. The lowest BCUT2D eigenvalue weighted by Gasteiger charge is -2.08. The summed E-state index contributed by atoms with van der Waals surface area (Å²) in [5.74, 6) is 2.27. The lowest BCUT2D eigenvalue weighted by atomic mass is 10.1. The van der Waals surface area contributed by atoms with Gasteiger partial charge in [0.15, 0.2) is 0 Å². The molecule has 0 radical (unpaired) electrons. The van der Waals surface area contributed by atoms with E-state index in [0.717, 1.165) is 33.8 Å². The number of furan rings is 1. The standard InChI is InChI=1S/C21H23NO4/c1-4-24-18-7-9-19(10-8-18)25-13-16-5-6-17-12-20(26-21(17)11-16)14(2)22-15(3)23/h5-12,14H,4,13H2,1-3H3,(H,22,23). The summed E-state index contributed by atoms with van der Waals surface area (Å²) in [5, 5.41) is 3.83. The fourth-order valence-electron chi connectivity index (χ4n) is 2.74. The Balaban J connectivity index is 1.67. The van der Waals surface area contributed by atoms with Gasteiger partial charge in [-0.25, -0.2) is 0 Å². The number of hydrogen-bond donors (Lipinski definition) is 1. The Bertz CT molecular complexity index is 883. The Labute approximate surface area is 152 Å². The number of nitrogens with one attached hydrogen (secondary N) is 1. The van der Waals surface area contributed by atoms with Crippen LogP contribution in [0.4, 0.5) is 0 Å². The second kappa shape index (κ2) is 7.95. The average Bonchev–Trinajstić information content (AvgIpc) is 3.04. The van der Waals surface area contributed by atoms with Gasteiger partial charge in [0.2, 0.25) is 5.91 Å². The summed E-state index contributed by atoms with van der Waals surface area (Å²) in [7, 11) is 0. The van der Waals surface area contributed by atoms with Crippen molar-refractivity contribution in [3.8, 4) is 11.5 Å². The number of carbonyl (C=O) groups excluding carboxylic acids is 1. The summed E-state index contributed by atoms with van der Waals surface area (Å²) in [4.78, 5) is 11.2. The zero-order chi connectivity index (χ0) is 18.5. The minimum Gasteiger partial charge on any atom is -0.494 e. The summed E-state index contributed by atoms with van der Waals surface area (Å²) in [5.41, 5.74) is 1.80. The van der Waals surface area contributed by atoms with Crippen LogP contribution in [-0.2, 0) is 11.4 Å². The number of hydrogen-bond acceptors (Lipinski definition) is 4. The maximum atomic E-state index is 11.2. The number of ether oxygens (including phenoxy) is 2. The van der Waals surface area contributed by atoms with Gasteiger partial charge in [0, 0.05) is 12.3 Å². The van der Waals surface area contributed by atoms with E-state index in [1.54, 1.807) is 0 Å². The van der Waals surface area contributed by atoms with E-state index in [9.17, 15) is 4.79 Å². The maximum absolute atomic E-state index is 11.2. The van der Waals surface area contributed by atoms with Crippen LogP contribution in [0.2, 0.25) is 0 Å². The number of amides is 1. The molecule has 5 nitrogen and oxygen atoms in total. The van der Waals surface area contributed by atoms with Crippen LogP contribution in [0.5, 0.6) is 11.5 Å². The van der Waals surface area contributed by atoms with Crippen LogP contribution < -0.4 is 14.8 Å². The van der Waals surface area contributed by atoms with Crippen LogP contribution in [0.15, 0.2) is 52.9 Å². The minimum atomic E-state index is -0.163. The molecule has 3 aromatic rings. The number of carbonyl (C=O) groups is 1. The van der Waals surface area contributed by atoms with Crippen molar-refractivity contribution in [1.82, 2.24) is 5.32 Å². The smallest absolute Gasteiger partial charge is 0.217 e. The number of rotatable bonds is 7. The molecule has 1 heterocycles. The molecule has 1 amide bonds. The third-order valence-corrected chi connectivity index (χ3v) is 3.99. The lowest BCUT2D eigenvalue weighted by Crippen LogP contribution is -2.23. The highest BCUT2D eigenvalue weighted by Gasteiger charge is 2.12. The zero-order valence-corrected chi connectivity index (χ0v) is 15.2. The normalized spacial score (nSPS) is 12.0. The Hall–Kier alpha value is -2.95. The third-order valence-electron chi connectivity index (χ3n) is 3.99. The van der Waals surface area contributed by atoms with Gasteiger partial charge in [-0.3, -0.25) is 4.79 Å². The van der Waals surface area contributed by atoms with Gasteiger partial charge < -0.3 is 19.2 Å². The minimum absolute atomic E-state index is 0.0811. The highest BCUT2D eigenvalue weighted by Crippen LogP contribution is 2.26. The van der Waals surface area contributed by atoms with Crippen LogP contribution in [0, 0.1) is 0 Å². The molecule has 0 aliphatic carbocycles. The van der Waals surface area contributed by atoms with E-state index < -0.39 is 0 Å². The second-order valence-electron chi connectivity index (χ2n) is 6.14. The molecular weight excluding hydrogens is 330 g/mol. The number of fused-ring (bicyclic) bond motifs is 1. The SMILES string of the molecule is CCOc1ccc(OCc2ccc3cc(C(C)NC(C)=O)oc3c2)cc1. The van der Waals surface area contributed by atoms with E-state index in [1.807, 2.05) is 62.4 Å². The first-order chi connectivity index (χ1) is 12.5. The van der Waals surface area contributed by atoms with Gasteiger partial charge in [-0.05, 0) is 55.8 Å². The van der Waals surface area contributed by atoms with E-state index in [1.165, 1.54) is 6.92 Å². The van der Waals surface area contributed by atoms with Crippen molar-refractivity contribution in [2.24, 2.45) is 0 Å². The van der Waals surface area contributed by atoms with E-state index in [4.69, 9.17) is 13.9 Å². The molecule has 0 aliphatic rings. The highest BCUT2D eigenvalue weighted by atomic mass is 16.5. The third kappa shape index (κ3) is 4.36. The largest absolute Gasteiger partial charge is 0.494 e. The summed E-state index contributed by atoms with van der Waals surface area (Å²) in [6.45, 7) is 6.44. The molecule has 0 saturated heterocycles. The van der Waals surface area contributed by atoms with Gasteiger partial charge in [-0.2, -0.15) is 0 Å². The van der Waals surface area contributed by atoms with Crippen molar-refractivity contribution < 1.29 is 18.7 Å². The van der Waals surface area contributed by atoms with Gasteiger partial charge >= 0.3 is 0 Å². The molecule has 1 N–H and O–H groups in total. The predicted molar refractivity (Wildman–Crippen MR) is 100 cm³/mol. The van der Waals surface area contributed by atoms with Crippen molar-refractivity contribution >= 4 is 16.9 Å². The van der Waals surface area contributed by atoms with Crippen molar-refractivity contribution in [3.63, 3.8) is 0 Å². The van der Waals surface area contributed by atoms with Crippen LogP contribution in [-0.4, -0.2) is 12.5 Å². The van der Waals surface area contributed by atoms with Gasteiger partial charge in [0.05, 0.1) is 12.6 Å². The zero-order valence-electron chi connectivity index (χ0n) is 15.2. The summed E-state index contributed by atoms with van der Waals surface area (Å²) in [6.07, 6.45) is 0. The molecule has 3 rings (SSSR count). The molecule has 26 heavy (non-hydrogen) atoms. The molecule has 2 aromatic carbocycles. The second-order valence-corrected chi connectivity index (χ2v) is 6.14. The monoisotopic (exact) mass is 353 g/mol. The first kappa shape index (κ1) is 17.9. The molecule has 0 spiro atoms. The van der Waals surface area contributed by atoms with Crippen molar-refractivity contribution in [3.05, 3.63) is 59.9 Å². The molecule has 1 unspecified atom stereocenters. The molecule has 1 atom stereocenters.